The number of rotatable bonds is 3. The molecule has 0 aromatic rings. The van der Waals surface area contributed by atoms with E-state index in [1.54, 1.807) is 0 Å². The van der Waals surface area contributed by atoms with Gasteiger partial charge in [0.15, 0.2) is 0 Å². The highest BCUT2D eigenvalue weighted by molar-refractivity contribution is 5.72. The second-order valence-electron chi connectivity index (χ2n) is 5.96. The first-order valence-electron chi connectivity index (χ1n) is 6.34. The average Bonchev–Trinajstić information content (AvgIpc) is 2.13. The molecule has 0 saturated heterocycles. The summed E-state index contributed by atoms with van der Waals surface area (Å²) in [6, 6.07) is 0. The smallest absolute Gasteiger partial charge is 0.321 e. The summed E-state index contributed by atoms with van der Waals surface area (Å²) in [7, 11) is 0. The molecule has 4 heteroatoms. The Hall–Kier alpha value is -0.610. The Bertz CT molecular complexity index is 268. The molecule has 0 aromatic carbocycles. The number of carbonyl (C=O) groups excluding carboxylic acids is 1. The second-order valence-corrected chi connectivity index (χ2v) is 5.96. The van der Waals surface area contributed by atoms with Crippen molar-refractivity contribution < 1.29 is 9.53 Å². The lowest BCUT2D eigenvalue weighted by atomic mass is 9.54. The molecule has 0 aliphatic heterocycles. The van der Waals surface area contributed by atoms with Gasteiger partial charge in [-0.3, -0.25) is 10.6 Å². The zero-order valence-electron chi connectivity index (χ0n) is 9.58. The quantitative estimate of drug-likeness (QED) is 0.426. The van der Waals surface area contributed by atoms with Gasteiger partial charge in [-0.25, -0.2) is 5.43 Å². The van der Waals surface area contributed by atoms with Crippen molar-refractivity contribution in [1.82, 2.24) is 5.43 Å². The van der Waals surface area contributed by atoms with E-state index in [9.17, 15) is 4.79 Å². The van der Waals surface area contributed by atoms with Gasteiger partial charge >= 0.3 is 5.97 Å². The summed E-state index contributed by atoms with van der Waals surface area (Å²) in [5.74, 6) is 7.39. The summed E-state index contributed by atoms with van der Waals surface area (Å²) in [4.78, 5) is 11.6. The lowest BCUT2D eigenvalue weighted by Crippen LogP contribution is -2.53. The van der Waals surface area contributed by atoms with Gasteiger partial charge in [-0.1, -0.05) is 0 Å². The highest BCUT2D eigenvalue weighted by Crippen LogP contribution is 2.57. The van der Waals surface area contributed by atoms with Gasteiger partial charge in [0.25, 0.3) is 0 Å². The molecular formula is C12H20N2O2. The van der Waals surface area contributed by atoms with Gasteiger partial charge < -0.3 is 4.74 Å². The molecule has 4 aliphatic carbocycles. The van der Waals surface area contributed by atoms with Crippen molar-refractivity contribution >= 4 is 5.97 Å². The van der Waals surface area contributed by atoms with Gasteiger partial charge in [0, 0.05) is 0 Å². The number of nitrogens with one attached hydrogen (secondary N) is 1. The van der Waals surface area contributed by atoms with Crippen LogP contribution < -0.4 is 11.3 Å². The average molecular weight is 224 g/mol. The van der Waals surface area contributed by atoms with E-state index < -0.39 is 0 Å². The molecule has 4 nitrogen and oxygen atoms in total. The van der Waals surface area contributed by atoms with Crippen LogP contribution >= 0.6 is 0 Å². The molecule has 4 bridgehead atoms. The Kier molecular flexibility index (Phi) is 2.44. The van der Waals surface area contributed by atoms with Gasteiger partial charge in [-0.15, -0.1) is 0 Å². The third-order valence-electron chi connectivity index (χ3n) is 4.56. The lowest BCUT2D eigenvalue weighted by Gasteiger charge is -2.55. The lowest BCUT2D eigenvalue weighted by molar-refractivity contribution is -0.185. The van der Waals surface area contributed by atoms with Crippen LogP contribution in [0.5, 0.6) is 0 Å². The predicted octanol–water partition coefficient (Wildman–Crippen LogP) is 0.962. The fourth-order valence-electron chi connectivity index (χ4n) is 4.52. The number of esters is 1. The zero-order valence-corrected chi connectivity index (χ0v) is 9.58. The normalized spacial score (nSPS) is 44.7. The number of carbonyl (C=O) groups is 1. The standard InChI is InChI=1S/C12H20N2O2/c13-14-7-11(15)16-12-4-8-1-9(5-12)3-10(2-8)6-12/h8-10,14H,1-7,13H2. The number of hydrogen-bond acceptors (Lipinski definition) is 4. The van der Waals surface area contributed by atoms with Gasteiger partial charge in [-0.05, 0) is 56.3 Å². The van der Waals surface area contributed by atoms with E-state index in [4.69, 9.17) is 10.6 Å². The third-order valence-corrected chi connectivity index (χ3v) is 4.56. The molecule has 0 radical (unpaired) electrons. The maximum atomic E-state index is 11.6. The maximum Gasteiger partial charge on any atom is 0.321 e. The minimum absolute atomic E-state index is 0.122. The van der Waals surface area contributed by atoms with E-state index in [0.29, 0.717) is 0 Å². The second kappa shape index (κ2) is 3.70. The van der Waals surface area contributed by atoms with Gasteiger partial charge in [0.1, 0.15) is 12.1 Å². The van der Waals surface area contributed by atoms with Crippen LogP contribution in [0.4, 0.5) is 0 Å². The largest absolute Gasteiger partial charge is 0.458 e. The summed E-state index contributed by atoms with van der Waals surface area (Å²) in [6.45, 7) is 0.127. The van der Waals surface area contributed by atoms with Crippen LogP contribution in [-0.2, 0) is 9.53 Å². The first-order chi connectivity index (χ1) is 7.69. The van der Waals surface area contributed by atoms with Crippen molar-refractivity contribution in [1.29, 1.82) is 0 Å². The minimum Gasteiger partial charge on any atom is -0.458 e. The van der Waals surface area contributed by atoms with E-state index >= 15 is 0 Å². The maximum absolute atomic E-state index is 11.6. The Labute approximate surface area is 95.9 Å². The molecule has 4 saturated carbocycles. The SMILES string of the molecule is NNCC(=O)OC12CC3CC(CC(C3)C1)C2. The molecule has 3 N–H and O–H groups in total. The Morgan fingerprint density at radius 1 is 1.19 bits per heavy atom. The molecule has 90 valence electrons. The molecule has 0 spiro atoms. The topological polar surface area (TPSA) is 64.3 Å². The third kappa shape index (κ3) is 1.74. The molecule has 16 heavy (non-hydrogen) atoms. The molecule has 4 fully saturated rings. The van der Waals surface area contributed by atoms with Gasteiger partial charge in [0.2, 0.25) is 0 Å². The van der Waals surface area contributed by atoms with E-state index in [2.05, 4.69) is 5.43 Å². The van der Waals surface area contributed by atoms with E-state index in [-0.39, 0.29) is 18.1 Å². The van der Waals surface area contributed by atoms with Crippen molar-refractivity contribution in [3.8, 4) is 0 Å². The fraction of sp³-hybridized carbons (Fsp3) is 0.917. The zero-order chi connectivity index (χ0) is 11.2. The molecule has 0 amide bonds. The first-order valence-corrected chi connectivity index (χ1v) is 6.34. The molecule has 4 aliphatic rings. The summed E-state index contributed by atoms with van der Waals surface area (Å²) in [5, 5.41) is 0. The van der Waals surface area contributed by atoms with Gasteiger partial charge in [0.05, 0.1) is 0 Å². The Morgan fingerprint density at radius 3 is 2.12 bits per heavy atom. The van der Waals surface area contributed by atoms with Crippen molar-refractivity contribution in [3.63, 3.8) is 0 Å². The first kappa shape index (κ1) is 10.5. The van der Waals surface area contributed by atoms with Crippen LogP contribution in [0.2, 0.25) is 0 Å². The van der Waals surface area contributed by atoms with Crippen LogP contribution in [0, 0.1) is 17.8 Å². The summed E-state index contributed by atoms with van der Waals surface area (Å²) in [6.07, 6.45) is 7.38. The summed E-state index contributed by atoms with van der Waals surface area (Å²) < 4.78 is 5.71. The van der Waals surface area contributed by atoms with Crippen molar-refractivity contribution in [2.24, 2.45) is 23.6 Å². The Balaban J connectivity index is 1.71. The minimum atomic E-state index is -0.190. The number of hydrazine groups is 1. The van der Waals surface area contributed by atoms with Crippen molar-refractivity contribution in [2.75, 3.05) is 6.54 Å². The van der Waals surface area contributed by atoms with E-state index in [1.807, 2.05) is 0 Å². The highest BCUT2D eigenvalue weighted by atomic mass is 16.6. The van der Waals surface area contributed by atoms with E-state index in [1.165, 1.54) is 19.3 Å². The molecular weight excluding hydrogens is 204 g/mol. The van der Waals surface area contributed by atoms with Crippen LogP contribution in [0.1, 0.15) is 38.5 Å². The predicted molar refractivity (Wildman–Crippen MR) is 59.2 cm³/mol. The molecule has 4 rings (SSSR count). The summed E-state index contributed by atoms with van der Waals surface area (Å²) >= 11 is 0. The Morgan fingerprint density at radius 2 is 1.69 bits per heavy atom. The number of ether oxygens (including phenoxy) is 1. The van der Waals surface area contributed by atoms with Crippen LogP contribution in [0.15, 0.2) is 0 Å². The van der Waals surface area contributed by atoms with Crippen LogP contribution in [-0.4, -0.2) is 18.1 Å². The molecule has 0 atom stereocenters. The monoisotopic (exact) mass is 224 g/mol. The fourth-order valence-corrected chi connectivity index (χ4v) is 4.52. The van der Waals surface area contributed by atoms with Crippen molar-refractivity contribution in [2.45, 2.75) is 44.1 Å². The summed E-state index contributed by atoms with van der Waals surface area (Å²) in [5.41, 5.74) is 2.25. The van der Waals surface area contributed by atoms with Crippen LogP contribution in [0.25, 0.3) is 0 Å². The van der Waals surface area contributed by atoms with Crippen molar-refractivity contribution in [3.05, 3.63) is 0 Å². The molecule has 0 heterocycles. The van der Waals surface area contributed by atoms with E-state index in [0.717, 1.165) is 37.0 Å². The molecule has 0 aromatic heterocycles. The molecule has 0 unspecified atom stereocenters. The number of nitrogens with two attached hydrogens (primary N) is 1. The van der Waals surface area contributed by atoms with Gasteiger partial charge in [-0.2, -0.15) is 0 Å². The van der Waals surface area contributed by atoms with Crippen LogP contribution in [0.3, 0.4) is 0 Å². The number of hydrogen-bond donors (Lipinski definition) is 2. The highest BCUT2D eigenvalue weighted by Gasteiger charge is 2.53.